The first-order chi connectivity index (χ1) is 11.2. The Hall–Kier alpha value is -1.59. The van der Waals surface area contributed by atoms with E-state index in [1.807, 2.05) is 30.3 Å². The van der Waals surface area contributed by atoms with Crippen molar-refractivity contribution in [2.45, 2.75) is 6.42 Å². The van der Waals surface area contributed by atoms with E-state index in [-0.39, 0.29) is 5.76 Å². The molecule has 118 valence electrons. The Morgan fingerprint density at radius 3 is 2.87 bits per heavy atom. The van der Waals surface area contributed by atoms with Crippen LogP contribution in [0.1, 0.15) is 12.0 Å². The van der Waals surface area contributed by atoms with Crippen LogP contribution >= 0.6 is 31.9 Å². The molecule has 1 aliphatic rings. The molecule has 0 radical (unpaired) electrons. The lowest BCUT2D eigenvalue weighted by Gasteiger charge is -2.07. The van der Waals surface area contributed by atoms with Crippen molar-refractivity contribution in [1.82, 2.24) is 4.98 Å². The third-order valence-corrected chi connectivity index (χ3v) is 4.55. The number of benzene rings is 1. The van der Waals surface area contributed by atoms with E-state index in [1.54, 1.807) is 6.20 Å². The minimum atomic E-state index is 0.278. The molecule has 0 amide bonds. The van der Waals surface area contributed by atoms with Crippen molar-refractivity contribution in [1.29, 1.82) is 0 Å². The number of ether oxygens (including phenoxy) is 1. The van der Waals surface area contributed by atoms with E-state index in [4.69, 9.17) is 4.74 Å². The van der Waals surface area contributed by atoms with Crippen molar-refractivity contribution in [3.8, 4) is 11.6 Å². The maximum Gasteiger partial charge on any atom is 0.227 e. The highest BCUT2D eigenvalue weighted by Crippen LogP contribution is 2.30. The smallest absolute Gasteiger partial charge is 0.227 e. The van der Waals surface area contributed by atoms with Gasteiger partial charge in [-0.15, -0.1) is 0 Å². The molecule has 0 unspecified atom stereocenters. The minimum absolute atomic E-state index is 0.278. The zero-order chi connectivity index (χ0) is 16.2. The maximum atomic E-state index is 10.2. The third kappa shape index (κ3) is 3.35. The summed E-state index contributed by atoms with van der Waals surface area (Å²) in [5, 5.41) is 13.1. The highest BCUT2D eigenvalue weighted by molar-refractivity contribution is 9.09. The van der Waals surface area contributed by atoms with Gasteiger partial charge in [0, 0.05) is 27.5 Å². The zero-order valence-corrected chi connectivity index (χ0v) is 15.5. The molecule has 23 heavy (non-hydrogen) atoms. The number of nitrogens with zero attached hydrogens (tertiary/aromatic N) is 1. The van der Waals surface area contributed by atoms with Crippen molar-refractivity contribution in [3.05, 3.63) is 58.6 Å². The van der Waals surface area contributed by atoms with Gasteiger partial charge in [0.25, 0.3) is 0 Å². The van der Waals surface area contributed by atoms with Crippen molar-refractivity contribution in [2.75, 3.05) is 10.7 Å². The molecule has 5 heteroatoms. The lowest BCUT2D eigenvalue weighted by molar-refractivity contribution is 0.457. The number of aromatic nitrogens is 1. The Labute approximate surface area is 151 Å². The summed E-state index contributed by atoms with van der Waals surface area (Å²) in [5.74, 6) is 1.55. The van der Waals surface area contributed by atoms with Gasteiger partial charge in [0.2, 0.25) is 5.88 Å². The number of pyridine rings is 1. The molecule has 1 aliphatic heterocycles. The molecule has 0 atom stereocenters. The molecule has 0 bridgehead atoms. The van der Waals surface area contributed by atoms with Crippen LogP contribution in [0.4, 0.5) is 0 Å². The summed E-state index contributed by atoms with van der Waals surface area (Å²) in [7, 11) is 0. The van der Waals surface area contributed by atoms with Crippen LogP contribution in [0.3, 0.4) is 0 Å². The van der Waals surface area contributed by atoms with Gasteiger partial charge in [0.05, 0.1) is 5.33 Å². The van der Waals surface area contributed by atoms with Crippen LogP contribution in [0, 0.1) is 0 Å². The van der Waals surface area contributed by atoms with Crippen molar-refractivity contribution >= 4 is 49.3 Å². The fourth-order valence-corrected chi connectivity index (χ4v) is 3.04. The first-order valence-electron chi connectivity index (χ1n) is 7.23. The molecule has 0 spiro atoms. The number of allylic oxidation sites excluding steroid dienone is 2. The van der Waals surface area contributed by atoms with Crippen LogP contribution in [-0.4, -0.2) is 20.8 Å². The molecule has 2 heterocycles. The molecular formula is C18H15Br2NO2. The Bertz CT molecular complexity index is 875. The van der Waals surface area contributed by atoms with Crippen molar-refractivity contribution in [2.24, 2.45) is 0 Å². The van der Waals surface area contributed by atoms with Gasteiger partial charge >= 0.3 is 0 Å². The molecule has 3 rings (SSSR count). The quantitative estimate of drug-likeness (QED) is 0.742. The number of aliphatic hydroxyl groups excluding tert-OH is 1. The first-order valence-corrected chi connectivity index (χ1v) is 9.47. The van der Waals surface area contributed by atoms with E-state index in [0.29, 0.717) is 17.0 Å². The average molecular weight is 437 g/mol. The van der Waals surface area contributed by atoms with Gasteiger partial charge in [-0.2, -0.15) is 0 Å². The van der Waals surface area contributed by atoms with Gasteiger partial charge in [-0.1, -0.05) is 50.1 Å². The third-order valence-electron chi connectivity index (χ3n) is 3.57. The SMILES string of the molecule is OC(CBr)=c1cccc2c1=CC(=CCCBr)c1cccnc1O2. The second-order valence-electron chi connectivity index (χ2n) is 5.04. The van der Waals surface area contributed by atoms with E-state index in [9.17, 15) is 5.11 Å². The Balaban J connectivity index is 2.34. The second kappa shape index (κ2) is 7.32. The second-order valence-corrected chi connectivity index (χ2v) is 6.39. The predicted molar refractivity (Wildman–Crippen MR) is 101 cm³/mol. The molecule has 0 aliphatic carbocycles. The number of hydrogen-bond acceptors (Lipinski definition) is 3. The number of aliphatic hydroxyl groups is 1. The molecule has 0 saturated heterocycles. The van der Waals surface area contributed by atoms with E-state index < -0.39 is 0 Å². The van der Waals surface area contributed by atoms with Crippen LogP contribution in [0.25, 0.3) is 17.4 Å². The maximum absolute atomic E-state index is 10.2. The predicted octanol–water partition coefficient (Wildman–Crippen LogP) is 3.90. The van der Waals surface area contributed by atoms with Gasteiger partial charge in [-0.3, -0.25) is 0 Å². The molecule has 3 nitrogen and oxygen atoms in total. The standard InChI is InChI=1S/C18H15Br2NO2/c19-8-2-4-12-10-15-14(16(22)11-20)5-1-7-17(15)23-18-13(12)6-3-9-21-18/h1,3-7,9-10,22H,2,8,11H2. The molecule has 0 fully saturated rings. The van der Waals surface area contributed by atoms with Gasteiger partial charge in [-0.05, 0) is 36.3 Å². The fourth-order valence-electron chi connectivity index (χ4n) is 2.51. The van der Waals surface area contributed by atoms with Crippen LogP contribution < -0.4 is 15.2 Å². The number of halogens is 2. The largest absolute Gasteiger partial charge is 0.511 e. The number of fused-ring (bicyclic) bond motifs is 2. The molecular weight excluding hydrogens is 422 g/mol. The summed E-state index contributed by atoms with van der Waals surface area (Å²) < 4.78 is 6.01. The van der Waals surface area contributed by atoms with E-state index in [2.05, 4.69) is 49.0 Å². The topological polar surface area (TPSA) is 42.4 Å². The molecule has 1 N–H and O–H groups in total. The van der Waals surface area contributed by atoms with Crippen LogP contribution in [0.15, 0.2) is 42.6 Å². The molecule has 1 aromatic carbocycles. The zero-order valence-electron chi connectivity index (χ0n) is 12.3. The summed E-state index contributed by atoms with van der Waals surface area (Å²) in [6, 6.07) is 9.55. The summed E-state index contributed by atoms with van der Waals surface area (Å²) in [5.41, 5.74) is 2.00. The van der Waals surface area contributed by atoms with E-state index in [0.717, 1.165) is 33.3 Å². The highest BCUT2D eigenvalue weighted by atomic mass is 79.9. The highest BCUT2D eigenvalue weighted by Gasteiger charge is 2.15. The van der Waals surface area contributed by atoms with Crippen LogP contribution in [0.5, 0.6) is 11.6 Å². The summed E-state index contributed by atoms with van der Waals surface area (Å²) in [4.78, 5) is 4.36. The number of rotatable bonds is 3. The van der Waals surface area contributed by atoms with Gasteiger partial charge in [-0.25, -0.2) is 4.98 Å². The Morgan fingerprint density at radius 1 is 1.22 bits per heavy atom. The number of hydrogen-bond donors (Lipinski definition) is 1. The van der Waals surface area contributed by atoms with Crippen molar-refractivity contribution < 1.29 is 9.84 Å². The first kappa shape index (κ1) is 16.3. The van der Waals surface area contributed by atoms with E-state index in [1.165, 1.54) is 0 Å². The van der Waals surface area contributed by atoms with Gasteiger partial charge in [0.15, 0.2) is 0 Å². The Kier molecular flexibility index (Phi) is 5.18. The fraction of sp³-hybridized carbons (Fsp3) is 0.167. The van der Waals surface area contributed by atoms with Crippen LogP contribution in [0.2, 0.25) is 0 Å². The van der Waals surface area contributed by atoms with Crippen LogP contribution in [-0.2, 0) is 0 Å². The molecule has 1 aromatic heterocycles. The van der Waals surface area contributed by atoms with E-state index >= 15 is 0 Å². The summed E-state index contributed by atoms with van der Waals surface area (Å²) in [6.45, 7) is 0. The summed E-state index contributed by atoms with van der Waals surface area (Å²) >= 11 is 6.77. The van der Waals surface area contributed by atoms with Gasteiger partial charge in [0.1, 0.15) is 11.5 Å². The average Bonchev–Trinajstić information content (AvgIpc) is 2.75. The normalized spacial score (nSPS) is 15.8. The lowest BCUT2D eigenvalue weighted by Crippen LogP contribution is -2.28. The van der Waals surface area contributed by atoms with Crippen molar-refractivity contribution in [3.63, 3.8) is 0 Å². The lowest BCUT2D eigenvalue weighted by atomic mass is 10.0. The summed E-state index contributed by atoms with van der Waals surface area (Å²) in [6.07, 6.45) is 6.82. The Morgan fingerprint density at radius 2 is 2.09 bits per heavy atom. The van der Waals surface area contributed by atoms with Gasteiger partial charge < -0.3 is 9.84 Å². The molecule has 2 aromatic rings. The number of alkyl halides is 2. The minimum Gasteiger partial charge on any atom is -0.511 e. The molecule has 0 saturated carbocycles. The monoisotopic (exact) mass is 435 g/mol.